The number of hydrogen-bond donors (Lipinski definition) is 0. The fourth-order valence-electron chi connectivity index (χ4n) is 8.45. The molecule has 0 bridgehead atoms. The van der Waals surface area contributed by atoms with E-state index in [0.717, 1.165) is 17.1 Å². The molecule has 10 aromatic carbocycles. The van der Waals surface area contributed by atoms with Crippen molar-refractivity contribution in [3.8, 4) is 22.3 Å². The van der Waals surface area contributed by atoms with Crippen molar-refractivity contribution in [3.05, 3.63) is 200 Å². The summed E-state index contributed by atoms with van der Waals surface area (Å²) in [6, 6.07) is 73.6. The van der Waals surface area contributed by atoms with Crippen LogP contribution in [0, 0.1) is 0 Å². The molecular formula is C52H33NS. The van der Waals surface area contributed by atoms with Crippen LogP contribution in [0.3, 0.4) is 0 Å². The van der Waals surface area contributed by atoms with Gasteiger partial charge in [-0.05, 0) is 108 Å². The highest BCUT2D eigenvalue weighted by Crippen LogP contribution is 2.45. The minimum atomic E-state index is 1.12. The number of rotatable bonds is 5. The van der Waals surface area contributed by atoms with E-state index in [9.17, 15) is 0 Å². The van der Waals surface area contributed by atoms with Crippen molar-refractivity contribution in [3.63, 3.8) is 0 Å². The quantitative estimate of drug-likeness (QED) is 0.161. The molecule has 0 atom stereocenters. The average Bonchev–Trinajstić information content (AvgIpc) is 3.62. The predicted octanol–water partition coefficient (Wildman–Crippen LogP) is 15.5. The molecule has 2 heteroatoms. The summed E-state index contributed by atoms with van der Waals surface area (Å²) >= 11 is 1.86. The first-order chi connectivity index (χ1) is 26.8. The lowest BCUT2D eigenvalue weighted by atomic mass is 9.92. The van der Waals surface area contributed by atoms with E-state index in [2.05, 4.69) is 205 Å². The molecule has 0 N–H and O–H groups in total. The van der Waals surface area contributed by atoms with E-state index in [-0.39, 0.29) is 0 Å². The van der Waals surface area contributed by atoms with Crippen LogP contribution in [0.5, 0.6) is 0 Å². The normalized spacial score (nSPS) is 11.7. The average molecular weight is 704 g/mol. The van der Waals surface area contributed by atoms with Crippen molar-refractivity contribution in [2.75, 3.05) is 4.90 Å². The summed E-state index contributed by atoms with van der Waals surface area (Å²) in [5.74, 6) is 0. The smallest absolute Gasteiger partial charge is 0.0546 e. The van der Waals surface area contributed by atoms with Gasteiger partial charge < -0.3 is 4.90 Å². The highest BCUT2D eigenvalue weighted by molar-refractivity contribution is 7.25. The van der Waals surface area contributed by atoms with Crippen LogP contribution >= 0.6 is 11.3 Å². The summed E-state index contributed by atoms with van der Waals surface area (Å²) in [5.41, 5.74) is 8.25. The summed E-state index contributed by atoms with van der Waals surface area (Å²) in [4.78, 5) is 2.45. The summed E-state index contributed by atoms with van der Waals surface area (Å²) in [6.07, 6.45) is 0. The minimum absolute atomic E-state index is 1.12. The van der Waals surface area contributed by atoms with E-state index in [0.29, 0.717) is 0 Å². The van der Waals surface area contributed by atoms with Crippen LogP contribution in [0.2, 0.25) is 0 Å². The van der Waals surface area contributed by atoms with Gasteiger partial charge in [0.25, 0.3) is 0 Å². The number of fused-ring (bicyclic) bond motifs is 9. The Morgan fingerprint density at radius 2 is 0.926 bits per heavy atom. The molecule has 252 valence electrons. The molecule has 0 amide bonds. The Morgan fingerprint density at radius 1 is 0.296 bits per heavy atom. The second-order valence-electron chi connectivity index (χ2n) is 14.1. The van der Waals surface area contributed by atoms with E-state index >= 15 is 0 Å². The van der Waals surface area contributed by atoms with E-state index in [1.807, 2.05) is 11.3 Å². The van der Waals surface area contributed by atoms with E-state index < -0.39 is 0 Å². The largest absolute Gasteiger partial charge is 0.310 e. The number of nitrogens with zero attached hydrogens (tertiary/aromatic N) is 1. The summed E-state index contributed by atoms with van der Waals surface area (Å²) in [5, 5.41) is 12.7. The van der Waals surface area contributed by atoms with Gasteiger partial charge in [-0.25, -0.2) is 0 Å². The Balaban J connectivity index is 1.10. The third kappa shape index (κ3) is 4.99. The molecule has 1 nitrogen and oxygen atoms in total. The van der Waals surface area contributed by atoms with Gasteiger partial charge in [-0.3, -0.25) is 0 Å². The topological polar surface area (TPSA) is 3.24 Å². The van der Waals surface area contributed by atoms with Crippen molar-refractivity contribution in [1.82, 2.24) is 0 Å². The van der Waals surface area contributed by atoms with E-state index in [1.165, 1.54) is 85.5 Å². The molecule has 0 radical (unpaired) electrons. The first-order valence-corrected chi connectivity index (χ1v) is 19.3. The van der Waals surface area contributed by atoms with Crippen LogP contribution in [-0.2, 0) is 0 Å². The number of anilines is 3. The van der Waals surface area contributed by atoms with Gasteiger partial charge in [0, 0.05) is 36.9 Å². The SMILES string of the molecule is c1ccc(-c2cc(N(c3ccc(-c4cccc5c4ccc4c6ccccc6ccc54)cc3)c3ccc4sc5ccccc5c4c3)c3ccccc3c2)cc1. The van der Waals surface area contributed by atoms with Gasteiger partial charge >= 0.3 is 0 Å². The van der Waals surface area contributed by atoms with Crippen LogP contribution in [0.15, 0.2) is 200 Å². The summed E-state index contributed by atoms with van der Waals surface area (Å²) < 4.78 is 2.61. The van der Waals surface area contributed by atoms with Gasteiger partial charge in [-0.2, -0.15) is 0 Å². The zero-order valence-corrected chi connectivity index (χ0v) is 30.2. The zero-order valence-electron chi connectivity index (χ0n) is 29.4. The van der Waals surface area contributed by atoms with Gasteiger partial charge in [0.1, 0.15) is 0 Å². The molecule has 0 fully saturated rings. The molecule has 1 aromatic heterocycles. The van der Waals surface area contributed by atoms with Crippen molar-refractivity contribution < 1.29 is 0 Å². The Labute approximate surface area is 317 Å². The fraction of sp³-hybridized carbons (Fsp3) is 0. The van der Waals surface area contributed by atoms with Crippen LogP contribution in [0.4, 0.5) is 17.1 Å². The molecule has 11 rings (SSSR count). The number of benzene rings is 10. The molecule has 54 heavy (non-hydrogen) atoms. The van der Waals surface area contributed by atoms with Crippen LogP contribution in [0.1, 0.15) is 0 Å². The van der Waals surface area contributed by atoms with Crippen molar-refractivity contribution >= 4 is 91.7 Å². The third-order valence-electron chi connectivity index (χ3n) is 11.0. The maximum atomic E-state index is 2.45. The molecule has 0 spiro atoms. The molecule has 11 aromatic rings. The van der Waals surface area contributed by atoms with Gasteiger partial charge in [0.15, 0.2) is 0 Å². The zero-order chi connectivity index (χ0) is 35.6. The Kier molecular flexibility index (Phi) is 7.11. The monoisotopic (exact) mass is 703 g/mol. The van der Waals surface area contributed by atoms with Gasteiger partial charge in [0.2, 0.25) is 0 Å². The summed E-state index contributed by atoms with van der Waals surface area (Å²) in [7, 11) is 0. The second-order valence-corrected chi connectivity index (χ2v) is 15.2. The molecule has 0 aliphatic heterocycles. The number of thiophene rings is 1. The lowest BCUT2D eigenvalue weighted by Gasteiger charge is -2.28. The minimum Gasteiger partial charge on any atom is -0.310 e. The van der Waals surface area contributed by atoms with Gasteiger partial charge in [-0.1, -0.05) is 152 Å². The third-order valence-corrected chi connectivity index (χ3v) is 12.2. The maximum absolute atomic E-state index is 2.45. The molecular weight excluding hydrogens is 671 g/mol. The standard InChI is InChI=1S/C52H33NS/c1-2-11-34(12-3-1)38-31-37-14-5-7-16-43(37)50(32-38)53(40-26-30-52-49(33-40)48-17-8-9-20-51(48)54-52)39-24-21-36(22-25-39)42-18-10-19-44-45(42)28-29-46-41-15-6-4-13-35(41)23-27-47(44)46/h1-33H. The van der Waals surface area contributed by atoms with Crippen molar-refractivity contribution in [1.29, 1.82) is 0 Å². The lowest BCUT2D eigenvalue weighted by Crippen LogP contribution is -2.10. The van der Waals surface area contributed by atoms with Crippen LogP contribution in [-0.4, -0.2) is 0 Å². The van der Waals surface area contributed by atoms with E-state index in [4.69, 9.17) is 0 Å². The fourth-order valence-corrected chi connectivity index (χ4v) is 9.54. The van der Waals surface area contributed by atoms with Crippen molar-refractivity contribution in [2.24, 2.45) is 0 Å². The maximum Gasteiger partial charge on any atom is 0.0546 e. The lowest BCUT2D eigenvalue weighted by molar-refractivity contribution is 1.30. The van der Waals surface area contributed by atoms with Crippen molar-refractivity contribution in [2.45, 2.75) is 0 Å². The summed E-state index contributed by atoms with van der Waals surface area (Å²) in [6.45, 7) is 0. The predicted molar refractivity (Wildman–Crippen MR) is 235 cm³/mol. The van der Waals surface area contributed by atoms with Gasteiger partial charge in [0.05, 0.1) is 5.69 Å². The molecule has 1 heterocycles. The molecule has 0 aliphatic carbocycles. The molecule has 0 saturated carbocycles. The first-order valence-electron chi connectivity index (χ1n) is 18.5. The van der Waals surface area contributed by atoms with Crippen LogP contribution < -0.4 is 4.90 Å². The highest BCUT2D eigenvalue weighted by Gasteiger charge is 2.19. The molecule has 0 unspecified atom stereocenters. The van der Waals surface area contributed by atoms with E-state index in [1.54, 1.807) is 0 Å². The molecule has 0 aliphatic rings. The Hall–Kier alpha value is -6.74. The second kappa shape index (κ2) is 12.4. The Morgan fingerprint density at radius 3 is 1.80 bits per heavy atom. The number of hydrogen-bond acceptors (Lipinski definition) is 2. The Bertz CT molecular complexity index is 3210. The first kappa shape index (κ1) is 30.8. The molecule has 0 saturated heterocycles. The highest BCUT2D eigenvalue weighted by atomic mass is 32.1. The van der Waals surface area contributed by atoms with Gasteiger partial charge in [-0.15, -0.1) is 11.3 Å². The van der Waals surface area contributed by atoms with Crippen LogP contribution in [0.25, 0.3) is 85.5 Å².